The van der Waals surface area contributed by atoms with Gasteiger partial charge in [0.15, 0.2) is 0 Å². The first-order valence-corrected chi connectivity index (χ1v) is 25.6. The molecule has 0 rings (SSSR count). The molecule has 4 N–H and O–H groups in total. The van der Waals surface area contributed by atoms with Crippen LogP contribution < -0.4 is 0 Å². The van der Waals surface area contributed by atoms with E-state index in [0.29, 0.717) is 6.61 Å². The number of aliphatic hydroxyl groups is 2. The van der Waals surface area contributed by atoms with Gasteiger partial charge in [-0.05, 0) is 62.9 Å². The summed E-state index contributed by atoms with van der Waals surface area (Å²) in [5.74, 6) is 2.89. The molecule has 0 saturated carbocycles. The zero-order chi connectivity index (χ0) is 43.6. The molecule has 7 heteroatoms. The summed E-state index contributed by atoms with van der Waals surface area (Å²) in [5, 5.41) is 34.0. The molecule has 4 unspecified atom stereocenters. The van der Waals surface area contributed by atoms with Crippen LogP contribution in [0.15, 0.2) is 0 Å². The average Bonchev–Trinajstić information content (AvgIpc) is 3.21. The lowest BCUT2D eigenvalue weighted by molar-refractivity contribution is -0.123. The standard InChI is InChI=1S/C49H101NO2.2CH2O2/c1-6-11-15-19-26-36-46(35-25-13-8-3)37-27-21-22-30-41-49(52)45-50(43-32-24-33-44-51)42-31-23-18-17-20-29-39-47(34-10-5)48(38-14-9-4)40-28-16-12-7-2;2*2-1-3/h46-49,51-52H,6-45H2,1-5H3;2*1H,(H,2,3). The minimum atomic E-state index is -0.250. The van der Waals surface area contributed by atoms with Crippen molar-refractivity contribution < 1.29 is 30.0 Å². The van der Waals surface area contributed by atoms with Crippen LogP contribution in [0.3, 0.4) is 0 Å². The summed E-state index contributed by atoms with van der Waals surface area (Å²) in [6.45, 7) is 14.6. The molecule has 0 bridgehead atoms. The van der Waals surface area contributed by atoms with Gasteiger partial charge in [0.1, 0.15) is 0 Å². The van der Waals surface area contributed by atoms with E-state index in [1.165, 1.54) is 205 Å². The Morgan fingerprint density at radius 2 is 0.724 bits per heavy atom. The minimum absolute atomic E-state index is 0.188. The Balaban J connectivity index is -0.00000471. The van der Waals surface area contributed by atoms with Gasteiger partial charge in [0.05, 0.1) is 6.10 Å². The molecule has 0 spiro atoms. The van der Waals surface area contributed by atoms with Crippen molar-refractivity contribution in [2.24, 2.45) is 17.8 Å². The zero-order valence-corrected chi connectivity index (χ0v) is 39.8. The number of hydrogen-bond donors (Lipinski definition) is 4. The third-order valence-corrected chi connectivity index (χ3v) is 12.4. The summed E-state index contributed by atoms with van der Waals surface area (Å²) >= 11 is 0. The number of aliphatic hydroxyl groups excluding tert-OH is 2. The first kappa shape index (κ1) is 61.1. The van der Waals surface area contributed by atoms with Crippen LogP contribution in [0.25, 0.3) is 0 Å². The molecule has 0 saturated heterocycles. The Morgan fingerprint density at radius 3 is 1.19 bits per heavy atom. The zero-order valence-electron chi connectivity index (χ0n) is 39.8. The van der Waals surface area contributed by atoms with E-state index in [4.69, 9.17) is 19.8 Å². The Morgan fingerprint density at radius 1 is 0.397 bits per heavy atom. The lowest BCUT2D eigenvalue weighted by atomic mass is 9.78. The number of hydrogen-bond acceptors (Lipinski definition) is 5. The maximum atomic E-state index is 11.0. The Bertz CT molecular complexity index is 749. The maximum Gasteiger partial charge on any atom is 0.290 e. The first-order valence-electron chi connectivity index (χ1n) is 25.6. The molecule has 0 aromatic carbocycles. The van der Waals surface area contributed by atoms with Crippen molar-refractivity contribution in [3.8, 4) is 0 Å². The molecule has 0 fully saturated rings. The molecule has 0 amide bonds. The van der Waals surface area contributed by atoms with E-state index in [1.54, 1.807) is 0 Å². The Kier molecular flexibility index (Phi) is 56.7. The normalized spacial score (nSPS) is 13.2. The number of nitrogens with zero attached hydrogens (tertiary/aromatic N) is 1. The summed E-state index contributed by atoms with van der Waals surface area (Å²) in [4.78, 5) is 19.3. The summed E-state index contributed by atoms with van der Waals surface area (Å²) in [6.07, 6.45) is 48.5. The molecule has 0 heterocycles. The van der Waals surface area contributed by atoms with Crippen LogP contribution in [0.5, 0.6) is 0 Å². The highest BCUT2D eigenvalue weighted by Gasteiger charge is 2.20. The second-order valence-corrected chi connectivity index (χ2v) is 17.7. The third kappa shape index (κ3) is 47.5. The molecular weight excluding hydrogens is 723 g/mol. The monoisotopic (exact) mass is 828 g/mol. The van der Waals surface area contributed by atoms with Crippen molar-refractivity contribution in [2.45, 2.75) is 272 Å². The van der Waals surface area contributed by atoms with Crippen molar-refractivity contribution >= 4 is 12.9 Å². The van der Waals surface area contributed by atoms with Gasteiger partial charge in [0, 0.05) is 13.2 Å². The molecule has 0 aromatic rings. The summed E-state index contributed by atoms with van der Waals surface area (Å²) in [6, 6.07) is 0. The van der Waals surface area contributed by atoms with Gasteiger partial charge < -0.3 is 25.3 Å². The fraction of sp³-hybridized carbons (Fsp3) is 0.961. The van der Waals surface area contributed by atoms with Crippen molar-refractivity contribution in [1.82, 2.24) is 4.90 Å². The van der Waals surface area contributed by atoms with E-state index in [9.17, 15) is 10.2 Å². The van der Waals surface area contributed by atoms with Gasteiger partial charge in [-0.25, -0.2) is 0 Å². The number of rotatable bonds is 44. The molecular formula is C51H105NO6. The van der Waals surface area contributed by atoms with Crippen LogP contribution in [0, 0.1) is 17.8 Å². The molecule has 4 atom stereocenters. The van der Waals surface area contributed by atoms with Gasteiger partial charge >= 0.3 is 0 Å². The number of unbranched alkanes of at least 4 members (excludes halogenated alkanes) is 20. The number of carbonyl (C=O) groups is 2. The van der Waals surface area contributed by atoms with Crippen LogP contribution in [0.2, 0.25) is 0 Å². The molecule has 0 aliphatic carbocycles. The second kappa shape index (κ2) is 53.8. The first-order chi connectivity index (χ1) is 28.4. The van der Waals surface area contributed by atoms with E-state index in [2.05, 4.69) is 39.5 Å². The van der Waals surface area contributed by atoms with Crippen LogP contribution >= 0.6 is 0 Å². The summed E-state index contributed by atoms with van der Waals surface area (Å²) < 4.78 is 0. The summed E-state index contributed by atoms with van der Waals surface area (Å²) in [7, 11) is 0. The smallest absolute Gasteiger partial charge is 0.290 e. The van der Waals surface area contributed by atoms with Crippen LogP contribution in [0.4, 0.5) is 0 Å². The number of carboxylic acid groups (broad SMARTS) is 2. The molecule has 7 nitrogen and oxygen atoms in total. The highest BCUT2D eigenvalue weighted by molar-refractivity contribution is 5.33. The van der Waals surface area contributed by atoms with E-state index >= 15 is 0 Å². The van der Waals surface area contributed by atoms with E-state index in [-0.39, 0.29) is 19.0 Å². The average molecular weight is 828 g/mol. The fourth-order valence-electron chi connectivity index (χ4n) is 8.98. The highest BCUT2D eigenvalue weighted by Crippen LogP contribution is 2.32. The quantitative estimate of drug-likeness (QED) is 0.0357. The van der Waals surface area contributed by atoms with Gasteiger partial charge in [-0.15, -0.1) is 0 Å². The van der Waals surface area contributed by atoms with Crippen molar-refractivity contribution in [1.29, 1.82) is 0 Å². The van der Waals surface area contributed by atoms with Gasteiger partial charge in [0.2, 0.25) is 0 Å². The molecule has 0 aliphatic rings. The molecule has 350 valence electrons. The van der Waals surface area contributed by atoms with E-state index in [0.717, 1.165) is 63.1 Å². The Labute approximate surface area is 362 Å². The van der Waals surface area contributed by atoms with Crippen LogP contribution in [-0.4, -0.2) is 70.6 Å². The second-order valence-electron chi connectivity index (χ2n) is 17.7. The predicted octanol–water partition coefficient (Wildman–Crippen LogP) is 15.0. The Hall–Kier alpha value is -1.18. The van der Waals surface area contributed by atoms with E-state index in [1.807, 2.05) is 0 Å². The van der Waals surface area contributed by atoms with E-state index < -0.39 is 0 Å². The highest BCUT2D eigenvalue weighted by atomic mass is 16.3. The lowest BCUT2D eigenvalue weighted by Crippen LogP contribution is -2.34. The lowest BCUT2D eigenvalue weighted by Gasteiger charge is -2.27. The largest absolute Gasteiger partial charge is 0.483 e. The van der Waals surface area contributed by atoms with Gasteiger partial charge in [-0.2, -0.15) is 0 Å². The molecule has 0 aliphatic heterocycles. The SMILES string of the molecule is CCCCCCCC(CCCCC)CCCCCCC(O)CN(CCCCCO)CCCCCCCCC(CCC)C(CCCC)CCCCCC.O=CO.O=CO. The molecule has 0 aromatic heterocycles. The van der Waals surface area contributed by atoms with Crippen LogP contribution in [-0.2, 0) is 9.59 Å². The molecule has 0 radical (unpaired) electrons. The van der Waals surface area contributed by atoms with Crippen molar-refractivity contribution in [2.75, 3.05) is 26.2 Å². The topological polar surface area (TPSA) is 118 Å². The van der Waals surface area contributed by atoms with Crippen molar-refractivity contribution in [3.63, 3.8) is 0 Å². The van der Waals surface area contributed by atoms with Crippen molar-refractivity contribution in [3.05, 3.63) is 0 Å². The minimum Gasteiger partial charge on any atom is -0.483 e. The van der Waals surface area contributed by atoms with Crippen LogP contribution in [0.1, 0.15) is 266 Å². The van der Waals surface area contributed by atoms with Gasteiger partial charge in [0.25, 0.3) is 12.9 Å². The third-order valence-electron chi connectivity index (χ3n) is 12.4. The maximum absolute atomic E-state index is 11.0. The molecule has 58 heavy (non-hydrogen) atoms. The van der Waals surface area contributed by atoms with Gasteiger partial charge in [-0.3, -0.25) is 9.59 Å². The fourth-order valence-corrected chi connectivity index (χ4v) is 8.98. The van der Waals surface area contributed by atoms with Gasteiger partial charge in [-0.1, -0.05) is 234 Å². The summed E-state index contributed by atoms with van der Waals surface area (Å²) in [5.41, 5.74) is 0. The predicted molar refractivity (Wildman–Crippen MR) is 252 cm³/mol.